The fourth-order valence-electron chi connectivity index (χ4n) is 5.48. The smallest absolute Gasteiger partial charge is 0.211 e. The lowest BCUT2D eigenvalue weighted by molar-refractivity contribution is 0.0588. The van der Waals surface area contributed by atoms with Crippen LogP contribution in [-0.2, 0) is 5.41 Å². The number of nitrogens with zero attached hydrogens (tertiary/aromatic N) is 1. The van der Waals surface area contributed by atoms with Crippen LogP contribution in [0.2, 0.25) is 0 Å². The molecule has 158 valence electrons. The fourth-order valence-corrected chi connectivity index (χ4v) is 5.48. The number of para-hydroxylation sites is 1. The monoisotopic (exact) mass is 418 g/mol. The molecule has 4 aromatic carbocycles. The van der Waals surface area contributed by atoms with Gasteiger partial charge < -0.3 is 15.4 Å². The van der Waals surface area contributed by atoms with Crippen LogP contribution in [0.1, 0.15) is 25.0 Å². The van der Waals surface area contributed by atoms with E-state index in [9.17, 15) is 0 Å². The average Bonchev–Trinajstić information content (AvgIpc) is 2.97. The van der Waals surface area contributed by atoms with Crippen LogP contribution >= 0.6 is 0 Å². The quantitative estimate of drug-likeness (QED) is 0.353. The van der Waals surface area contributed by atoms with Crippen LogP contribution in [0.15, 0.2) is 84.9 Å². The molecule has 0 saturated heterocycles. The van der Waals surface area contributed by atoms with E-state index >= 15 is 0 Å². The summed E-state index contributed by atoms with van der Waals surface area (Å²) in [6.45, 7) is 4.52. The highest BCUT2D eigenvalue weighted by atomic mass is 16.5. The minimum atomic E-state index is -0.620. The Morgan fingerprint density at radius 3 is 2.41 bits per heavy atom. The van der Waals surface area contributed by atoms with Crippen molar-refractivity contribution in [3.63, 3.8) is 0 Å². The van der Waals surface area contributed by atoms with Gasteiger partial charge in [0.2, 0.25) is 5.72 Å². The Hall–Kier alpha value is -3.72. The van der Waals surface area contributed by atoms with Crippen LogP contribution in [0, 0.1) is 0 Å². The van der Waals surface area contributed by atoms with E-state index in [4.69, 9.17) is 10.5 Å². The molecule has 0 aliphatic carbocycles. The van der Waals surface area contributed by atoms with Crippen molar-refractivity contribution in [2.45, 2.75) is 25.0 Å². The summed E-state index contributed by atoms with van der Waals surface area (Å²) in [7, 11) is 2.12. The Morgan fingerprint density at radius 1 is 0.844 bits per heavy atom. The highest BCUT2D eigenvalue weighted by Gasteiger charge is 2.57. The Balaban J connectivity index is 1.55. The molecule has 3 nitrogen and oxygen atoms in total. The van der Waals surface area contributed by atoms with E-state index in [0.29, 0.717) is 0 Å². The van der Waals surface area contributed by atoms with Crippen molar-refractivity contribution in [1.82, 2.24) is 0 Å². The van der Waals surface area contributed by atoms with Gasteiger partial charge in [-0.3, -0.25) is 0 Å². The minimum Gasteiger partial charge on any atom is -0.462 e. The lowest BCUT2D eigenvalue weighted by Gasteiger charge is -2.46. The van der Waals surface area contributed by atoms with Crippen molar-refractivity contribution in [3.05, 3.63) is 96.1 Å². The third-order valence-electron chi connectivity index (χ3n) is 7.28. The number of nitrogens with two attached hydrogens (primary N) is 1. The first kappa shape index (κ1) is 19.0. The molecule has 1 unspecified atom stereocenters. The molecule has 2 aliphatic heterocycles. The van der Waals surface area contributed by atoms with Crippen LogP contribution in [0.5, 0.6) is 5.75 Å². The van der Waals surface area contributed by atoms with Gasteiger partial charge in [-0.2, -0.15) is 0 Å². The molecule has 0 saturated carbocycles. The number of likely N-dealkylation sites (N-methyl/N-ethyl adjacent to an activating group) is 1. The summed E-state index contributed by atoms with van der Waals surface area (Å²) in [5.74, 6) is 0.879. The number of fused-ring (bicyclic) bond motifs is 3. The maximum atomic E-state index is 7.03. The fraction of sp³-hybridized carbons (Fsp3) is 0.172. The van der Waals surface area contributed by atoms with E-state index < -0.39 is 5.72 Å². The number of rotatable bonds is 1. The van der Waals surface area contributed by atoms with E-state index in [0.717, 1.165) is 28.1 Å². The molecule has 2 N–H and O–H groups in total. The van der Waals surface area contributed by atoms with Gasteiger partial charge in [-0.05, 0) is 72.2 Å². The minimum absolute atomic E-state index is 0.241. The van der Waals surface area contributed by atoms with Gasteiger partial charge in [0.1, 0.15) is 5.75 Å². The summed E-state index contributed by atoms with van der Waals surface area (Å²) in [4.78, 5) is 2.27. The predicted octanol–water partition coefficient (Wildman–Crippen LogP) is 6.62. The Bertz CT molecular complexity index is 1420. The first-order chi connectivity index (χ1) is 15.4. The number of hydrogen-bond acceptors (Lipinski definition) is 3. The highest BCUT2D eigenvalue weighted by Crippen LogP contribution is 2.55. The van der Waals surface area contributed by atoms with E-state index in [-0.39, 0.29) is 5.41 Å². The predicted molar refractivity (Wildman–Crippen MR) is 134 cm³/mol. The van der Waals surface area contributed by atoms with Gasteiger partial charge in [0.25, 0.3) is 0 Å². The van der Waals surface area contributed by atoms with Crippen LogP contribution in [-0.4, -0.2) is 12.8 Å². The molecule has 4 aromatic rings. The van der Waals surface area contributed by atoms with Crippen molar-refractivity contribution < 1.29 is 4.74 Å². The van der Waals surface area contributed by atoms with Gasteiger partial charge in [0.05, 0.1) is 5.41 Å². The molecule has 0 fully saturated rings. The summed E-state index contributed by atoms with van der Waals surface area (Å²) in [6.07, 6.45) is 4.36. The third kappa shape index (κ3) is 2.42. The van der Waals surface area contributed by atoms with Crippen molar-refractivity contribution in [1.29, 1.82) is 0 Å². The van der Waals surface area contributed by atoms with Gasteiger partial charge >= 0.3 is 0 Å². The van der Waals surface area contributed by atoms with Crippen LogP contribution in [0.4, 0.5) is 11.4 Å². The maximum absolute atomic E-state index is 7.03. The largest absolute Gasteiger partial charge is 0.462 e. The first-order valence-electron chi connectivity index (χ1n) is 11.0. The van der Waals surface area contributed by atoms with E-state index in [1.165, 1.54) is 22.0 Å². The first-order valence-corrected chi connectivity index (χ1v) is 11.0. The van der Waals surface area contributed by atoms with Crippen molar-refractivity contribution >= 4 is 28.2 Å². The second-order valence-corrected chi connectivity index (χ2v) is 9.38. The molecule has 32 heavy (non-hydrogen) atoms. The number of nitrogen functional groups attached to an aromatic ring is 1. The number of hydrogen-bond donors (Lipinski definition) is 1. The zero-order valence-electron chi connectivity index (χ0n) is 18.6. The second-order valence-electron chi connectivity index (χ2n) is 9.38. The SMILES string of the molecule is CN1c2ccccc2C(C)(C)C12C=Cc1cc(N)cc(-c3ccc4ccccc4c3)c1O2. The molecule has 6 rings (SSSR count). The molecule has 1 atom stereocenters. The molecule has 0 amide bonds. The topological polar surface area (TPSA) is 38.5 Å². The van der Waals surface area contributed by atoms with Gasteiger partial charge in [0, 0.05) is 29.5 Å². The number of anilines is 2. The molecule has 1 spiro atoms. The van der Waals surface area contributed by atoms with Crippen LogP contribution in [0.3, 0.4) is 0 Å². The third-order valence-corrected chi connectivity index (χ3v) is 7.28. The average molecular weight is 419 g/mol. The van der Waals surface area contributed by atoms with E-state index in [2.05, 4.69) is 105 Å². The molecular formula is C29H26N2O. The molecule has 2 heterocycles. The highest BCUT2D eigenvalue weighted by molar-refractivity contribution is 5.90. The van der Waals surface area contributed by atoms with E-state index in [1.807, 2.05) is 12.1 Å². The molecule has 0 radical (unpaired) electrons. The molecule has 2 aliphatic rings. The molecule has 0 bridgehead atoms. The molecule has 3 heteroatoms. The number of ether oxygens (including phenoxy) is 1. The summed E-state index contributed by atoms with van der Waals surface area (Å²) >= 11 is 0. The Morgan fingerprint density at radius 2 is 1.59 bits per heavy atom. The maximum Gasteiger partial charge on any atom is 0.211 e. The van der Waals surface area contributed by atoms with Gasteiger partial charge in [-0.25, -0.2) is 0 Å². The van der Waals surface area contributed by atoms with Crippen molar-refractivity contribution in [3.8, 4) is 16.9 Å². The van der Waals surface area contributed by atoms with Gasteiger partial charge in [-0.15, -0.1) is 0 Å². The molecular weight excluding hydrogens is 392 g/mol. The van der Waals surface area contributed by atoms with E-state index in [1.54, 1.807) is 0 Å². The lowest BCUT2D eigenvalue weighted by atomic mass is 9.76. The summed E-state index contributed by atoms with van der Waals surface area (Å²) in [5.41, 5.74) is 11.8. The van der Waals surface area contributed by atoms with Crippen molar-refractivity contribution in [2.24, 2.45) is 0 Å². The van der Waals surface area contributed by atoms with Crippen molar-refractivity contribution in [2.75, 3.05) is 17.7 Å². The van der Waals surface area contributed by atoms with Crippen LogP contribution in [0.25, 0.3) is 28.0 Å². The summed E-state index contributed by atoms with van der Waals surface area (Å²) < 4.78 is 7.03. The summed E-state index contributed by atoms with van der Waals surface area (Å²) in [6, 6.07) is 27.6. The molecule has 0 aromatic heterocycles. The lowest BCUT2D eigenvalue weighted by Crippen LogP contribution is -2.58. The zero-order chi connectivity index (χ0) is 22.1. The second kappa shape index (κ2) is 6.39. The van der Waals surface area contributed by atoms with Gasteiger partial charge in [-0.1, -0.05) is 54.6 Å². The Labute approximate surface area is 188 Å². The zero-order valence-corrected chi connectivity index (χ0v) is 18.6. The standard InChI is InChI=1S/C29H26N2O/c1-28(2)25-10-6-7-11-26(25)31(3)29(28)15-14-22-17-23(30)18-24(27(22)32-29)21-13-12-19-8-4-5-9-20(19)16-21/h4-18H,30H2,1-3H3. The van der Waals surface area contributed by atoms with Crippen LogP contribution < -0.4 is 15.4 Å². The normalized spacial score (nSPS) is 20.3. The van der Waals surface area contributed by atoms with Gasteiger partial charge in [0.15, 0.2) is 0 Å². The Kier molecular flexibility index (Phi) is 3.80. The number of benzene rings is 4. The summed E-state index contributed by atoms with van der Waals surface area (Å²) in [5, 5.41) is 2.42.